The molecule has 0 aromatic heterocycles. The van der Waals surface area contributed by atoms with Crippen molar-refractivity contribution in [2.45, 2.75) is 25.3 Å². The van der Waals surface area contributed by atoms with Crippen molar-refractivity contribution >= 4 is 5.69 Å². The molecule has 0 radical (unpaired) electrons. The first-order valence-corrected chi connectivity index (χ1v) is 5.61. The molecule has 2 nitrogen and oxygen atoms in total. The first-order valence-electron chi connectivity index (χ1n) is 5.61. The quantitative estimate of drug-likeness (QED) is 0.828. The molecular weight excluding hydrogens is 210 g/mol. The molecule has 88 valence electrons. The van der Waals surface area contributed by atoms with Crippen LogP contribution in [0.15, 0.2) is 24.3 Å². The minimum absolute atomic E-state index is 0.0762. The summed E-state index contributed by atoms with van der Waals surface area (Å²) < 4.78 is 24.7. The number of anilines is 1. The largest absolute Gasteiger partial charge is 0.381 e. The molecule has 1 aliphatic rings. The van der Waals surface area contributed by atoms with E-state index in [1.54, 1.807) is 12.1 Å². The average molecular weight is 226 g/mol. The van der Waals surface area contributed by atoms with Crippen molar-refractivity contribution < 1.29 is 8.78 Å². The normalized spacial score (nSPS) is 21.1. The van der Waals surface area contributed by atoms with Crippen LogP contribution in [-0.2, 0) is 0 Å². The first-order chi connectivity index (χ1) is 7.75. The van der Waals surface area contributed by atoms with Gasteiger partial charge in [0, 0.05) is 23.8 Å². The highest BCUT2D eigenvalue weighted by atomic mass is 19.3. The lowest BCUT2D eigenvalue weighted by Crippen LogP contribution is -2.38. The van der Waals surface area contributed by atoms with E-state index in [1.807, 2.05) is 0 Å². The summed E-state index contributed by atoms with van der Waals surface area (Å²) in [7, 11) is 0. The monoisotopic (exact) mass is 226 g/mol. The predicted molar refractivity (Wildman–Crippen MR) is 60.9 cm³/mol. The molecule has 0 spiro atoms. The van der Waals surface area contributed by atoms with Crippen LogP contribution in [0.1, 0.15) is 24.8 Å². The maximum absolute atomic E-state index is 12.3. The van der Waals surface area contributed by atoms with Crippen LogP contribution in [0.3, 0.4) is 0 Å². The molecule has 4 heteroatoms. The van der Waals surface area contributed by atoms with Crippen molar-refractivity contribution in [3.05, 3.63) is 29.8 Å². The van der Waals surface area contributed by atoms with Crippen LogP contribution in [0.2, 0.25) is 0 Å². The summed E-state index contributed by atoms with van der Waals surface area (Å²) >= 11 is 0. The number of piperidine rings is 1. The van der Waals surface area contributed by atoms with Crippen molar-refractivity contribution in [3.8, 4) is 0 Å². The molecule has 16 heavy (non-hydrogen) atoms. The van der Waals surface area contributed by atoms with Crippen molar-refractivity contribution in [2.75, 3.05) is 18.4 Å². The lowest BCUT2D eigenvalue weighted by atomic mass is 10.1. The van der Waals surface area contributed by atoms with E-state index >= 15 is 0 Å². The zero-order valence-corrected chi connectivity index (χ0v) is 9.05. The number of alkyl halides is 2. The zero-order valence-electron chi connectivity index (χ0n) is 9.05. The van der Waals surface area contributed by atoms with Crippen LogP contribution in [0.4, 0.5) is 14.5 Å². The Morgan fingerprint density at radius 2 is 2.00 bits per heavy atom. The summed E-state index contributed by atoms with van der Waals surface area (Å²) in [6.45, 7) is 2.01. The van der Waals surface area contributed by atoms with E-state index in [9.17, 15) is 8.78 Å². The fourth-order valence-corrected chi connectivity index (χ4v) is 1.94. The van der Waals surface area contributed by atoms with E-state index < -0.39 is 6.43 Å². The molecule has 1 aliphatic heterocycles. The van der Waals surface area contributed by atoms with Crippen LogP contribution in [0.25, 0.3) is 0 Å². The number of nitrogens with one attached hydrogen (secondary N) is 2. The summed E-state index contributed by atoms with van der Waals surface area (Å²) in [5.41, 5.74) is 0.991. The van der Waals surface area contributed by atoms with E-state index in [4.69, 9.17) is 0 Å². The van der Waals surface area contributed by atoms with Crippen molar-refractivity contribution in [2.24, 2.45) is 0 Å². The van der Waals surface area contributed by atoms with Crippen LogP contribution >= 0.6 is 0 Å². The van der Waals surface area contributed by atoms with Gasteiger partial charge in [-0.15, -0.1) is 0 Å². The van der Waals surface area contributed by atoms with Crippen LogP contribution in [0, 0.1) is 0 Å². The molecule has 0 saturated carbocycles. The predicted octanol–water partition coefficient (Wildman–Crippen LogP) is 2.79. The second-order valence-electron chi connectivity index (χ2n) is 4.11. The van der Waals surface area contributed by atoms with Gasteiger partial charge in [-0.1, -0.05) is 12.1 Å². The number of hydrogen-bond acceptors (Lipinski definition) is 2. The second kappa shape index (κ2) is 5.25. The summed E-state index contributed by atoms with van der Waals surface area (Å²) in [6.07, 6.45) is -0.0958. The number of rotatable bonds is 3. The number of halogens is 2. The van der Waals surface area contributed by atoms with Gasteiger partial charge in [0.15, 0.2) is 0 Å². The Balaban J connectivity index is 1.93. The van der Waals surface area contributed by atoms with E-state index in [1.165, 1.54) is 12.1 Å². The third-order valence-corrected chi connectivity index (χ3v) is 2.83. The number of hydrogen-bond donors (Lipinski definition) is 2. The molecule has 2 rings (SSSR count). The maximum Gasteiger partial charge on any atom is 0.263 e. The highest BCUT2D eigenvalue weighted by molar-refractivity contribution is 5.45. The van der Waals surface area contributed by atoms with E-state index in [-0.39, 0.29) is 5.56 Å². The lowest BCUT2D eigenvalue weighted by molar-refractivity contribution is 0.151. The third kappa shape index (κ3) is 2.92. The van der Waals surface area contributed by atoms with E-state index in [0.717, 1.165) is 31.6 Å². The van der Waals surface area contributed by atoms with Gasteiger partial charge in [-0.3, -0.25) is 0 Å². The molecule has 1 unspecified atom stereocenters. The molecule has 1 heterocycles. The molecule has 2 N–H and O–H groups in total. The Labute approximate surface area is 94.0 Å². The molecule has 1 saturated heterocycles. The molecule has 1 aromatic rings. The summed E-state index contributed by atoms with van der Waals surface area (Å²) in [5, 5.41) is 6.64. The van der Waals surface area contributed by atoms with Crippen LogP contribution in [0.5, 0.6) is 0 Å². The number of benzene rings is 1. The Morgan fingerprint density at radius 3 is 2.56 bits per heavy atom. The van der Waals surface area contributed by atoms with Crippen molar-refractivity contribution in [3.63, 3.8) is 0 Å². The summed E-state index contributed by atoms with van der Waals surface area (Å²) in [5.74, 6) is 0. The summed E-state index contributed by atoms with van der Waals surface area (Å²) in [6, 6.07) is 6.80. The Bertz CT molecular complexity index is 318. The SMILES string of the molecule is FC(F)c1ccc(NC2CCCNC2)cc1. The third-order valence-electron chi connectivity index (χ3n) is 2.83. The lowest BCUT2D eigenvalue weighted by Gasteiger charge is -2.24. The molecular formula is C12H16F2N2. The molecule has 0 aliphatic carbocycles. The molecule has 1 atom stereocenters. The highest BCUT2D eigenvalue weighted by Gasteiger charge is 2.12. The van der Waals surface area contributed by atoms with E-state index in [0.29, 0.717) is 6.04 Å². The van der Waals surface area contributed by atoms with Gasteiger partial charge < -0.3 is 10.6 Å². The molecule has 0 bridgehead atoms. The smallest absolute Gasteiger partial charge is 0.263 e. The fraction of sp³-hybridized carbons (Fsp3) is 0.500. The zero-order chi connectivity index (χ0) is 11.4. The Hall–Kier alpha value is -1.16. The van der Waals surface area contributed by atoms with Gasteiger partial charge in [0.05, 0.1) is 0 Å². The average Bonchev–Trinajstić information content (AvgIpc) is 2.31. The highest BCUT2D eigenvalue weighted by Crippen LogP contribution is 2.21. The molecule has 1 aromatic carbocycles. The topological polar surface area (TPSA) is 24.1 Å². The minimum atomic E-state index is -2.38. The van der Waals surface area contributed by atoms with Gasteiger partial charge in [0.25, 0.3) is 6.43 Å². The van der Waals surface area contributed by atoms with Gasteiger partial charge in [-0.25, -0.2) is 8.78 Å². The van der Waals surface area contributed by atoms with Crippen molar-refractivity contribution in [1.82, 2.24) is 5.32 Å². The van der Waals surface area contributed by atoms with E-state index in [2.05, 4.69) is 10.6 Å². The van der Waals surface area contributed by atoms with Gasteiger partial charge in [0.1, 0.15) is 0 Å². The first kappa shape index (κ1) is 11.3. The fourth-order valence-electron chi connectivity index (χ4n) is 1.94. The Kier molecular flexibility index (Phi) is 3.72. The van der Waals surface area contributed by atoms with Crippen LogP contribution in [-0.4, -0.2) is 19.1 Å². The van der Waals surface area contributed by atoms with Crippen molar-refractivity contribution in [1.29, 1.82) is 0 Å². The van der Waals surface area contributed by atoms with Crippen LogP contribution < -0.4 is 10.6 Å². The van der Waals surface area contributed by atoms with Gasteiger partial charge in [-0.2, -0.15) is 0 Å². The standard InChI is InChI=1S/C12H16F2N2/c13-12(14)9-3-5-10(6-4-9)16-11-2-1-7-15-8-11/h3-6,11-12,15-16H,1-2,7-8H2. The summed E-state index contributed by atoms with van der Waals surface area (Å²) in [4.78, 5) is 0. The van der Waals surface area contributed by atoms with Gasteiger partial charge in [-0.05, 0) is 31.5 Å². The molecule has 0 amide bonds. The van der Waals surface area contributed by atoms with Gasteiger partial charge in [0.2, 0.25) is 0 Å². The Morgan fingerprint density at radius 1 is 1.25 bits per heavy atom. The van der Waals surface area contributed by atoms with Gasteiger partial charge >= 0.3 is 0 Å². The minimum Gasteiger partial charge on any atom is -0.381 e. The second-order valence-corrected chi connectivity index (χ2v) is 4.11. The molecule has 1 fully saturated rings. The maximum atomic E-state index is 12.3.